The van der Waals surface area contributed by atoms with E-state index in [1.54, 1.807) is 31.2 Å². The van der Waals surface area contributed by atoms with E-state index >= 15 is 0 Å². The van der Waals surface area contributed by atoms with Gasteiger partial charge < -0.3 is 10.1 Å². The summed E-state index contributed by atoms with van der Waals surface area (Å²) in [5.74, 6) is 0.251. The third-order valence-corrected chi connectivity index (χ3v) is 3.53. The van der Waals surface area contributed by atoms with Crippen molar-refractivity contribution >= 4 is 10.9 Å². The predicted octanol–water partition coefficient (Wildman–Crippen LogP) is 1.84. The number of nitrogens with zero attached hydrogens (tertiary/aromatic N) is 2. The molecule has 8 heteroatoms. The highest BCUT2D eigenvalue weighted by atomic mass is 19.4. The number of rotatable bonds is 4. The topological polar surface area (TPSA) is 69.2 Å². The maximum Gasteiger partial charge on any atom is 0.415 e. The quantitative estimate of drug-likeness (QED) is 0.903. The van der Waals surface area contributed by atoms with Crippen LogP contribution in [0.25, 0.3) is 10.9 Å². The molecule has 2 aromatic rings. The minimum Gasteiger partial charge on any atom is -0.382 e. The second-order valence-electron chi connectivity index (χ2n) is 5.14. The lowest BCUT2D eigenvalue weighted by molar-refractivity contribution is -0.208. The van der Waals surface area contributed by atoms with Crippen molar-refractivity contribution in [2.75, 3.05) is 13.6 Å². The molecule has 1 heterocycles. The summed E-state index contributed by atoms with van der Waals surface area (Å²) in [7, 11) is 1.43. The zero-order valence-electron chi connectivity index (χ0n) is 12.1. The molecular formula is C14H16F3N3O2. The van der Waals surface area contributed by atoms with Crippen molar-refractivity contribution in [1.82, 2.24) is 14.9 Å². The first-order valence-electron chi connectivity index (χ1n) is 6.64. The van der Waals surface area contributed by atoms with Crippen LogP contribution in [0.2, 0.25) is 0 Å². The van der Waals surface area contributed by atoms with Gasteiger partial charge in [0, 0.05) is 6.54 Å². The molecule has 120 valence electrons. The predicted molar refractivity (Wildman–Crippen MR) is 75.5 cm³/mol. The largest absolute Gasteiger partial charge is 0.415 e. The zero-order valence-corrected chi connectivity index (χ0v) is 12.1. The molecule has 22 heavy (non-hydrogen) atoms. The second kappa shape index (κ2) is 6.05. The van der Waals surface area contributed by atoms with E-state index in [0.717, 1.165) is 0 Å². The number of aromatic nitrogens is 2. The lowest BCUT2D eigenvalue weighted by atomic mass is 10.2. The van der Waals surface area contributed by atoms with Gasteiger partial charge in [0.15, 0.2) is 6.10 Å². The minimum absolute atomic E-state index is 0.251. The number of aromatic amines is 1. The van der Waals surface area contributed by atoms with Crippen molar-refractivity contribution < 1.29 is 18.3 Å². The summed E-state index contributed by atoms with van der Waals surface area (Å²) in [5, 5.41) is 9.53. The second-order valence-corrected chi connectivity index (χ2v) is 5.14. The Morgan fingerprint density at radius 3 is 2.64 bits per heavy atom. The minimum atomic E-state index is -4.68. The molecule has 1 aromatic heterocycles. The number of aliphatic hydroxyl groups excluding tert-OH is 1. The van der Waals surface area contributed by atoms with Crippen LogP contribution < -0.4 is 5.56 Å². The van der Waals surface area contributed by atoms with E-state index in [9.17, 15) is 18.0 Å². The molecule has 0 aliphatic rings. The molecule has 5 nitrogen and oxygen atoms in total. The summed E-state index contributed by atoms with van der Waals surface area (Å²) in [6, 6.07) is 6.11. The van der Waals surface area contributed by atoms with Gasteiger partial charge in [-0.1, -0.05) is 12.1 Å². The molecule has 0 amide bonds. The van der Waals surface area contributed by atoms with Crippen molar-refractivity contribution in [3.8, 4) is 0 Å². The van der Waals surface area contributed by atoms with E-state index < -0.39 is 24.9 Å². The van der Waals surface area contributed by atoms with Gasteiger partial charge in [0.2, 0.25) is 0 Å². The Morgan fingerprint density at radius 2 is 2.00 bits per heavy atom. The Bertz CT molecular complexity index is 714. The highest BCUT2D eigenvalue weighted by molar-refractivity contribution is 5.77. The van der Waals surface area contributed by atoms with Crippen LogP contribution in [-0.4, -0.2) is 45.8 Å². The fourth-order valence-corrected chi connectivity index (χ4v) is 2.05. The highest BCUT2D eigenvalue weighted by Crippen LogP contribution is 2.23. The van der Waals surface area contributed by atoms with Crippen LogP contribution in [0.5, 0.6) is 0 Å². The number of halogens is 3. The molecule has 0 aliphatic heterocycles. The number of hydrogen-bond donors (Lipinski definition) is 2. The molecule has 0 saturated heterocycles. The van der Waals surface area contributed by atoms with Gasteiger partial charge in [0.25, 0.3) is 5.56 Å². The first-order valence-corrected chi connectivity index (χ1v) is 6.64. The van der Waals surface area contributed by atoms with Gasteiger partial charge >= 0.3 is 6.18 Å². The summed E-state index contributed by atoms with van der Waals surface area (Å²) in [5.41, 5.74) is 0.120. The molecule has 2 unspecified atom stereocenters. The number of benzene rings is 1. The number of para-hydroxylation sites is 1. The van der Waals surface area contributed by atoms with Gasteiger partial charge in [-0.25, -0.2) is 4.98 Å². The van der Waals surface area contributed by atoms with Gasteiger partial charge in [-0.2, -0.15) is 13.2 Å². The molecule has 1 aromatic carbocycles. The average molecular weight is 315 g/mol. The Balaban J connectivity index is 2.26. The number of fused-ring (bicyclic) bond motifs is 1. The number of hydrogen-bond acceptors (Lipinski definition) is 4. The molecule has 0 bridgehead atoms. The van der Waals surface area contributed by atoms with E-state index in [2.05, 4.69) is 9.97 Å². The van der Waals surface area contributed by atoms with E-state index in [1.807, 2.05) is 0 Å². The lowest BCUT2D eigenvalue weighted by Crippen LogP contribution is -2.40. The molecule has 0 aliphatic carbocycles. The van der Waals surface area contributed by atoms with Crippen LogP contribution in [-0.2, 0) is 0 Å². The van der Waals surface area contributed by atoms with Crippen LogP contribution in [0.4, 0.5) is 13.2 Å². The number of aliphatic hydroxyl groups is 1. The third kappa shape index (κ3) is 3.45. The van der Waals surface area contributed by atoms with Gasteiger partial charge in [0.1, 0.15) is 5.82 Å². The summed E-state index contributed by atoms with van der Waals surface area (Å²) < 4.78 is 37.2. The first-order chi connectivity index (χ1) is 10.2. The number of likely N-dealkylation sites (N-methyl/N-ethyl adjacent to an activating group) is 1. The zero-order chi connectivity index (χ0) is 16.5. The van der Waals surface area contributed by atoms with Gasteiger partial charge in [-0.3, -0.25) is 9.69 Å². The van der Waals surface area contributed by atoms with Crippen molar-refractivity contribution in [1.29, 1.82) is 0 Å². The number of nitrogens with one attached hydrogen (secondary N) is 1. The van der Waals surface area contributed by atoms with E-state index in [-0.39, 0.29) is 11.4 Å². The third-order valence-electron chi connectivity index (χ3n) is 3.53. The Kier molecular flexibility index (Phi) is 4.52. The first kappa shape index (κ1) is 16.4. The van der Waals surface area contributed by atoms with Crippen LogP contribution in [0.3, 0.4) is 0 Å². The lowest BCUT2D eigenvalue weighted by Gasteiger charge is -2.27. The van der Waals surface area contributed by atoms with Gasteiger partial charge in [0.05, 0.1) is 16.9 Å². The van der Waals surface area contributed by atoms with Crippen molar-refractivity contribution in [2.24, 2.45) is 0 Å². The number of alkyl halides is 3. The molecule has 2 atom stereocenters. The van der Waals surface area contributed by atoms with E-state index in [4.69, 9.17) is 5.11 Å². The van der Waals surface area contributed by atoms with Crippen LogP contribution in [0.15, 0.2) is 29.1 Å². The fraction of sp³-hybridized carbons (Fsp3) is 0.429. The molecule has 2 rings (SSSR count). The summed E-state index contributed by atoms with van der Waals surface area (Å²) >= 11 is 0. The molecule has 0 radical (unpaired) electrons. The normalized spacial score (nSPS) is 15.2. The Morgan fingerprint density at radius 1 is 1.36 bits per heavy atom. The average Bonchev–Trinajstić information content (AvgIpc) is 2.45. The van der Waals surface area contributed by atoms with Crippen molar-refractivity contribution in [2.45, 2.75) is 25.2 Å². The maximum atomic E-state index is 12.4. The maximum absolute atomic E-state index is 12.4. The Labute approximate surface area is 124 Å². The summed E-state index contributed by atoms with van der Waals surface area (Å²) in [6.07, 6.45) is -7.13. The molecule has 0 spiro atoms. The molecule has 0 saturated carbocycles. The van der Waals surface area contributed by atoms with Gasteiger partial charge in [-0.15, -0.1) is 0 Å². The Hall–Kier alpha value is -1.93. The standard InChI is InChI=1S/C14H16F3N3O2/c1-8(20(2)7-11(21)14(15,16)17)12-18-10-6-4-3-5-9(10)13(22)19-12/h3-6,8,11,21H,7H2,1-2H3,(H,18,19,22). The fourth-order valence-electron chi connectivity index (χ4n) is 2.05. The molecule has 0 fully saturated rings. The number of H-pyrrole nitrogens is 1. The summed E-state index contributed by atoms with van der Waals surface area (Å²) in [6.45, 7) is 0.997. The SMILES string of the molecule is CC(c1nc2ccccc2c(=O)[nH]1)N(C)CC(O)C(F)(F)F. The van der Waals surface area contributed by atoms with Crippen LogP contribution >= 0.6 is 0 Å². The monoisotopic (exact) mass is 315 g/mol. The van der Waals surface area contributed by atoms with Crippen LogP contribution in [0, 0.1) is 0 Å². The van der Waals surface area contributed by atoms with Crippen molar-refractivity contribution in [3.63, 3.8) is 0 Å². The van der Waals surface area contributed by atoms with E-state index in [0.29, 0.717) is 10.9 Å². The molecule has 2 N–H and O–H groups in total. The van der Waals surface area contributed by atoms with Crippen molar-refractivity contribution in [3.05, 3.63) is 40.4 Å². The van der Waals surface area contributed by atoms with Gasteiger partial charge in [-0.05, 0) is 26.1 Å². The highest BCUT2D eigenvalue weighted by Gasteiger charge is 2.39. The van der Waals surface area contributed by atoms with Crippen LogP contribution in [0.1, 0.15) is 18.8 Å². The van der Waals surface area contributed by atoms with E-state index in [1.165, 1.54) is 11.9 Å². The smallest absolute Gasteiger partial charge is 0.382 e. The summed E-state index contributed by atoms with van der Waals surface area (Å²) in [4.78, 5) is 20.1. The molecular weight excluding hydrogens is 299 g/mol.